The number of nitrogens with zero attached hydrogens (tertiary/aromatic N) is 3. The molecule has 0 aliphatic carbocycles. The molecule has 4 rings (SSSR count). The first-order chi connectivity index (χ1) is 15.5. The lowest BCUT2D eigenvalue weighted by Gasteiger charge is -2.06. The highest BCUT2D eigenvalue weighted by Crippen LogP contribution is 2.25. The molecule has 0 bridgehead atoms. The smallest absolute Gasteiger partial charge is 0.291 e. The largest absolute Gasteiger partial charge is 0.340 e. The lowest BCUT2D eigenvalue weighted by Crippen LogP contribution is -2.33. The third kappa shape index (κ3) is 4.71. The quantitative estimate of drug-likeness (QED) is 0.445. The first kappa shape index (κ1) is 21.0. The zero-order valence-electron chi connectivity index (χ0n) is 16.6. The van der Waals surface area contributed by atoms with Gasteiger partial charge in [-0.05, 0) is 53.9 Å². The van der Waals surface area contributed by atoms with Gasteiger partial charge in [0.15, 0.2) is 5.82 Å². The Balaban J connectivity index is 1.50. The zero-order valence-corrected chi connectivity index (χ0v) is 17.4. The number of anilines is 1. The van der Waals surface area contributed by atoms with Gasteiger partial charge >= 0.3 is 0 Å². The fraction of sp³-hybridized carbons (Fsp3) is 0.0435. The predicted octanol–water partition coefficient (Wildman–Crippen LogP) is 3.48. The van der Waals surface area contributed by atoms with Gasteiger partial charge in [-0.2, -0.15) is 0 Å². The molecule has 2 N–H and O–H groups in total. The average molecular weight is 445 g/mol. The van der Waals surface area contributed by atoms with Crippen LogP contribution in [0.15, 0.2) is 66.0 Å². The summed E-state index contributed by atoms with van der Waals surface area (Å²) in [5.41, 5.74) is 1.70. The van der Waals surface area contributed by atoms with E-state index in [-0.39, 0.29) is 18.2 Å². The van der Waals surface area contributed by atoms with Crippen molar-refractivity contribution in [1.82, 2.24) is 20.1 Å². The van der Waals surface area contributed by atoms with Gasteiger partial charge in [-0.15, -0.1) is 22.9 Å². The van der Waals surface area contributed by atoms with E-state index in [0.29, 0.717) is 22.8 Å². The molecule has 0 aliphatic heterocycles. The molecule has 2 heterocycles. The van der Waals surface area contributed by atoms with E-state index in [1.54, 1.807) is 36.4 Å². The molecule has 0 spiro atoms. The second-order valence-electron chi connectivity index (χ2n) is 6.58. The third-order valence-electron chi connectivity index (χ3n) is 4.35. The predicted molar refractivity (Wildman–Crippen MR) is 120 cm³/mol. The van der Waals surface area contributed by atoms with Crippen LogP contribution in [0.3, 0.4) is 0 Å². The monoisotopic (exact) mass is 445 g/mol. The summed E-state index contributed by atoms with van der Waals surface area (Å²) >= 11 is 1.43. The summed E-state index contributed by atoms with van der Waals surface area (Å²) < 4.78 is 14.8. The van der Waals surface area contributed by atoms with E-state index < -0.39 is 11.8 Å². The topological polar surface area (TPSA) is 88.9 Å². The number of amides is 2. The average Bonchev–Trinajstić information content (AvgIpc) is 3.48. The Morgan fingerprint density at radius 1 is 1.12 bits per heavy atom. The summed E-state index contributed by atoms with van der Waals surface area (Å²) in [6.07, 6.45) is 5.36. The lowest BCUT2D eigenvalue weighted by molar-refractivity contribution is -0.115. The standard InChI is InChI=1S/C23H16FN5O2S/c1-2-15-5-3-6-17(13-15)26-20(30)14-25-23(31)21-27-22(19-7-4-12-32-19)29(28-21)18-10-8-16(24)9-11-18/h1,3-13H,14H2,(H,25,31)(H,26,30). The minimum atomic E-state index is -0.615. The fourth-order valence-electron chi connectivity index (χ4n) is 2.87. The fourth-order valence-corrected chi connectivity index (χ4v) is 3.57. The van der Waals surface area contributed by atoms with Crippen molar-refractivity contribution in [2.75, 3.05) is 11.9 Å². The number of carbonyl (C=O) groups is 2. The Hall–Kier alpha value is -4.29. The van der Waals surface area contributed by atoms with Crippen molar-refractivity contribution in [2.24, 2.45) is 0 Å². The summed E-state index contributed by atoms with van der Waals surface area (Å²) in [7, 11) is 0. The van der Waals surface area contributed by atoms with E-state index in [9.17, 15) is 14.0 Å². The van der Waals surface area contributed by atoms with Crippen molar-refractivity contribution in [2.45, 2.75) is 0 Å². The summed E-state index contributed by atoms with van der Waals surface area (Å²) in [6, 6.07) is 16.2. The summed E-state index contributed by atoms with van der Waals surface area (Å²) in [5, 5.41) is 11.3. The van der Waals surface area contributed by atoms with Gasteiger partial charge in [0, 0.05) is 11.3 Å². The molecule has 0 saturated heterocycles. The van der Waals surface area contributed by atoms with Gasteiger partial charge in [-0.1, -0.05) is 18.1 Å². The van der Waals surface area contributed by atoms with Gasteiger partial charge in [-0.25, -0.2) is 14.1 Å². The number of benzene rings is 2. The van der Waals surface area contributed by atoms with E-state index >= 15 is 0 Å². The van der Waals surface area contributed by atoms with Crippen LogP contribution in [-0.2, 0) is 4.79 Å². The first-order valence-corrected chi connectivity index (χ1v) is 10.3. The van der Waals surface area contributed by atoms with Crippen molar-refractivity contribution in [3.8, 4) is 28.7 Å². The summed E-state index contributed by atoms with van der Waals surface area (Å²) in [5.74, 6) is 1.39. The number of rotatable bonds is 6. The zero-order chi connectivity index (χ0) is 22.5. The molecule has 0 aliphatic rings. The number of nitrogens with one attached hydrogen (secondary N) is 2. The molecule has 0 radical (unpaired) electrons. The number of carbonyl (C=O) groups excluding carboxylic acids is 2. The summed E-state index contributed by atoms with van der Waals surface area (Å²) in [4.78, 5) is 29.9. The molecule has 0 atom stereocenters. The van der Waals surface area contributed by atoms with Gasteiger partial charge < -0.3 is 10.6 Å². The van der Waals surface area contributed by atoms with E-state index in [0.717, 1.165) is 4.88 Å². The second kappa shape index (κ2) is 9.24. The molecular weight excluding hydrogens is 429 g/mol. The van der Waals surface area contributed by atoms with E-state index in [1.807, 2.05) is 17.5 Å². The Kier molecular flexibility index (Phi) is 6.05. The number of halogens is 1. The van der Waals surface area contributed by atoms with E-state index in [1.165, 1.54) is 28.2 Å². The van der Waals surface area contributed by atoms with Crippen LogP contribution in [0, 0.1) is 18.2 Å². The molecular formula is C23H16FN5O2S. The van der Waals surface area contributed by atoms with Crippen LogP contribution in [0.1, 0.15) is 16.2 Å². The normalized spacial score (nSPS) is 10.4. The van der Waals surface area contributed by atoms with Crippen LogP contribution >= 0.6 is 11.3 Å². The number of thiophene rings is 1. The van der Waals surface area contributed by atoms with Crippen LogP contribution in [0.4, 0.5) is 10.1 Å². The molecule has 0 unspecified atom stereocenters. The molecule has 0 fully saturated rings. The Bertz CT molecular complexity index is 1310. The lowest BCUT2D eigenvalue weighted by atomic mass is 10.2. The summed E-state index contributed by atoms with van der Waals surface area (Å²) in [6.45, 7) is -0.279. The number of hydrogen-bond acceptors (Lipinski definition) is 5. The minimum absolute atomic E-state index is 0.111. The maximum atomic E-state index is 13.3. The van der Waals surface area contributed by atoms with Gasteiger partial charge in [-0.3, -0.25) is 9.59 Å². The van der Waals surface area contributed by atoms with Crippen molar-refractivity contribution >= 4 is 28.8 Å². The first-order valence-electron chi connectivity index (χ1n) is 9.45. The van der Waals surface area contributed by atoms with Crippen LogP contribution < -0.4 is 10.6 Å². The molecule has 9 heteroatoms. The van der Waals surface area contributed by atoms with Crippen LogP contribution in [0.25, 0.3) is 16.4 Å². The maximum absolute atomic E-state index is 13.3. The van der Waals surface area contributed by atoms with E-state index in [2.05, 4.69) is 26.6 Å². The highest BCUT2D eigenvalue weighted by molar-refractivity contribution is 7.13. The van der Waals surface area contributed by atoms with Gasteiger partial charge in [0.1, 0.15) is 5.82 Å². The molecule has 0 saturated carbocycles. The molecule has 2 amide bonds. The SMILES string of the molecule is C#Cc1cccc(NC(=O)CNC(=O)c2nc(-c3cccs3)n(-c3ccc(F)cc3)n2)c1. The number of hydrogen-bond donors (Lipinski definition) is 2. The second-order valence-corrected chi connectivity index (χ2v) is 7.53. The molecule has 7 nitrogen and oxygen atoms in total. The molecule has 4 aromatic rings. The van der Waals surface area contributed by atoms with E-state index in [4.69, 9.17) is 6.42 Å². The molecule has 158 valence electrons. The number of aromatic nitrogens is 3. The van der Waals surface area contributed by atoms with Gasteiger partial charge in [0.25, 0.3) is 5.91 Å². The van der Waals surface area contributed by atoms with Crippen molar-refractivity contribution in [3.63, 3.8) is 0 Å². The highest BCUT2D eigenvalue weighted by Gasteiger charge is 2.20. The molecule has 2 aromatic heterocycles. The van der Waals surface area contributed by atoms with Crippen molar-refractivity contribution in [3.05, 3.63) is 83.2 Å². The van der Waals surface area contributed by atoms with Crippen LogP contribution in [-0.4, -0.2) is 33.1 Å². The molecule has 32 heavy (non-hydrogen) atoms. The van der Waals surface area contributed by atoms with Gasteiger partial charge in [0.05, 0.1) is 17.1 Å². The van der Waals surface area contributed by atoms with Crippen molar-refractivity contribution in [1.29, 1.82) is 0 Å². The Labute approximate surface area is 186 Å². The van der Waals surface area contributed by atoms with Gasteiger partial charge in [0.2, 0.25) is 11.7 Å². The Morgan fingerprint density at radius 2 is 1.94 bits per heavy atom. The van der Waals surface area contributed by atoms with Crippen molar-refractivity contribution < 1.29 is 14.0 Å². The minimum Gasteiger partial charge on any atom is -0.340 e. The van der Waals surface area contributed by atoms with Crippen LogP contribution in [0.2, 0.25) is 0 Å². The Morgan fingerprint density at radius 3 is 2.66 bits per heavy atom. The van der Waals surface area contributed by atoms with Crippen LogP contribution in [0.5, 0.6) is 0 Å². The number of terminal acetylenes is 1. The third-order valence-corrected chi connectivity index (χ3v) is 5.21. The highest BCUT2D eigenvalue weighted by atomic mass is 32.1. The maximum Gasteiger partial charge on any atom is 0.291 e. The molecule has 2 aromatic carbocycles.